The summed E-state index contributed by atoms with van der Waals surface area (Å²) in [6, 6.07) is 6.81. The van der Waals surface area contributed by atoms with Crippen molar-refractivity contribution < 1.29 is 4.39 Å². The maximum atomic E-state index is 13.4. The summed E-state index contributed by atoms with van der Waals surface area (Å²) in [4.78, 5) is 4.10. The van der Waals surface area contributed by atoms with Crippen molar-refractivity contribution in [2.24, 2.45) is 0 Å². The first-order chi connectivity index (χ1) is 8.56. The molecular formula is C14H14ClFN2. The van der Waals surface area contributed by atoms with Crippen molar-refractivity contribution >= 4 is 17.3 Å². The summed E-state index contributed by atoms with van der Waals surface area (Å²) in [5, 5.41) is 3.42. The Morgan fingerprint density at radius 1 is 1.28 bits per heavy atom. The highest BCUT2D eigenvalue weighted by atomic mass is 35.5. The molecule has 0 aliphatic carbocycles. The van der Waals surface area contributed by atoms with Gasteiger partial charge in [0.2, 0.25) is 0 Å². The average molecular weight is 265 g/mol. The normalized spacial score (nSPS) is 12.2. The van der Waals surface area contributed by atoms with E-state index in [2.05, 4.69) is 10.3 Å². The molecule has 2 nitrogen and oxygen atoms in total. The summed E-state index contributed by atoms with van der Waals surface area (Å²) in [5.41, 5.74) is 2.84. The van der Waals surface area contributed by atoms with Gasteiger partial charge in [-0.3, -0.25) is 4.98 Å². The smallest absolute Gasteiger partial charge is 0.142 e. The topological polar surface area (TPSA) is 24.9 Å². The highest BCUT2D eigenvalue weighted by Gasteiger charge is 2.08. The van der Waals surface area contributed by atoms with Crippen molar-refractivity contribution in [1.29, 1.82) is 0 Å². The van der Waals surface area contributed by atoms with Gasteiger partial charge in [-0.1, -0.05) is 17.7 Å². The van der Waals surface area contributed by atoms with E-state index in [0.717, 1.165) is 16.8 Å². The van der Waals surface area contributed by atoms with Crippen LogP contribution in [0, 0.1) is 12.7 Å². The monoisotopic (exact) mass is 264 g/mol. The Bertz CT molecular complexity index is 557. The number of aromatic nitrogens is 1. The molecule has 0 bridgehead atoms. The summed E-state index contributed by atoms with van der Waals surface area (Å²) in [5.74, 6) is -0.398. The van der Waals surface area contributed by atoms with Gasteiger partial charge < -0.3 is 5.32 Å². The standard InChI is InChI=1S/C14H14ClFN2/c1-9-5-12(8-17-7-9)18-10(2)11-3-4-13(15)14(16)6-11/h3-8,10,18H,1-2H3. The van der Waals surface area contributed by atoms with Gasteiger partial charge in [-0.05, 0) is 43.2 Å². The van der Waals surface area contributed by atoms with Gasteiger partial charge in [0.05, 0.1) is 10.7 Å². The average Bonchev–Trinajstić information content (AvgIpc) is 2.32. The van der Waals surface area contributed by atoms with E-state index in [4.69, 9.17) is 11.6 Å². The zero-order chi connectivity index (χ0) is 13.1. The van der Waals surface area contributed by atoms with E-state index >= 15 is 0 Å². The number of anilines is 1. The molecule has 0 saturated heterocycles. The van der Waals surface area contributed by atoms with Crippen molar-refractivity contribution in [3.8, 4) is 0 Å². The Balaban J connectivity index is 2.16. The minimum Gasteiger partial charge on any atom is -0.377 e. The minimum atomic E-state index is -0.398. The fraction of sp³-hybridized carbons (Fsp3) is 0.214. The number of aryl methyl sites for hydroxylation is 1. The van der Waals surface area contributed by atoms with Gasteiger partial charge in [-0.25, -0.2) is 4.39 Å². The van der Waals surface area contributed by atoms with Gasteiger partial charge in [-0.2, -0.15) is 0 Å². The summed E-state index contributed by atoms with van der Waals surface area (Å²) in [7, 11) is 0. The van der Waals surface area contributed by atoms with Crippen LogP contribution in [0.4, 0.5) is 10.1 Å². The van der Waals surface area contributed by atoms with E-state index in [1.807, 2.05) is 26.0 Å². The first kappa shape index (κ1) is 12.8. The molecule has 2 rings (SSSR count). The summed E-state index contributed by atoms with van der Waals surface area (Å²) >= 11 is 5.66. The van der Waals surface area contributed by atoms with Gasteiger partial charge >= 0.3 is 0 Å². The van der Waals surface area contributed by atoms with E-state index in [9.17, 15) is 4.39 Å². The highest BCUT2D eigenvalue weighted by Crippen LogP contribution is 2.23. The van der Waals surface area contributed by atoms with E-state index in [1.165, 1.54) is 6.07 Å². The first-order valence-corrected chi connectivity index (χ1v) is 6.07. The fourth-order valence-electron chi connectivity index (χ4n) is 1.75. The molecule has 1 atom stereocenters. The predicted octanol–water partition coefficient (Wildman–Crippen LogP) is 4.36. The molecule has 0 fully saturated rings. The van der Waals surface area contributed by atoms with E-state index in [1.54, 1.807) is 18.5 Å². The van der Waals surface area contributed by atoms with Crippen LogP contribution in [-0.2, 0) is 0 Å². The fourth-order valence-corrected chi connectivity index (χ4v) is 1.87. The number of rotatable bonds is 3. The van der Waals surface area contributed by atoms with Gasteiger partial charge in [0.15, 0.2) is 0 Å². The minimum absolute atomic E-state index is 0.0135. The van der Waals surface area contributed by atoms with Crippen LogP contribution in [0.5, 0.6) is 0 Å². The number of nitrogens with zero attached hydrogens (tertiary/aromatic N) is 1. The molecule has 1 aromatic heterocycles. The Hall–Kier alpha value is -1.61. The molecule has 0 aliphatic rings. The Morgan fingerprint density at radius 3 is 2.72 bits per heavy atom. The SMILES string of the molecule is Cc1cncc(NC(C)c2ccc(Cl)c(F)c2)c1. The molecular weight excluding hydrogens is 251 g/mol. The van der Waals surface area contributed by atoms with Crippen LogP contribution >= 0.6 is 11.6 Å². The largest absolute Gasteiger partial charge is 0.377 e. The molecule has 0 spiro atoms. The molecule has 1 unspecified atom stereocenters. The van der Waals surface area contributed by atoms with Crippen molar-refractivity contribution in [3.63, 3.8) is 0 Å². The van der Waals surface area contributed by atoms with Gasteiger partial charge in [0.1, 0.15) is 5.82 Å². The molecule has 0 amide bonds. The quantitative estimate of drug-likeness (QED) is 0.891. The van der Waals surface area contributed by atoms with Crippen LogP contribution in [0.2, 0.25) is 5.02 Å². The molecule has 1 N–H and O–H groups in total. The van der Waals surface area contributed by atoms with Gasteiger partial charge in [-0.15, -0.1) is 0 Å². The second-order valence-electron chi connectivity index (χ2n) is 4.29. The van der Waals surface area contributed by atoms with Crippen molar-refractivity contribution in [2.45, 2.75) is 19.9 Å². The lowest BCUT2D eigenvalue weighted by atomic mass is 10.1. The molecule has 0 aliphatic heterocycles. The first-order valence-electron chi connectivity index (χ1n) is 5.69. The number of hydrogen-bond donors (Lipinski definition) is 1. The van der Waals surface area contributed by atoms with Crippen LogP contribution in [0.3, 0.4) is 0 Å². The number of benzene rings is 1. The molecule has 18 heavy (non-hydrogen) atoms. The van der Waals surface area contributed by atoms with E-state index < -0.39 is 5.82 Å². The molecule has 0 saturated carbocycles. The Kier molecular flexibility index (Phi) is 3.82. The predicted molar refractivity (Wildman–Crippen MR) is 72.4 cm³/mol. The molecule has 94 valence electrons. The van der Waals surface area contributed by atoms with Crippen molar-refractivity contribution in [3.05, 3.63) is 58.6 Å². The summed E-state index contributed by atoms with van der Waals surface area (Å²) in [6.45, 7) is 3.94. The summed E-state index contributed by atoms with van der Waals surface area (Å²) < 4.78 is 13.4. The van der Waals surface area contributed by atoms with Crippen LogP contribution in [0.25, 0.3) is 0 Å². The second-order valence-corrected chi connectivity index (χ2v) is 4.70. The lowest BCUT2D eigenvalue weighted by molar-refractivity contribution is 0.624. The molecule has 4 heteroatoms. The maximum absolute atomic E-state index is 13.4. The van der Waals surface area contributed by atoms with Crippen LogP contribution in [0.15, 0.2) is 36.7 Å². The third-order valence-electron chi connectivity index (χ3n) is 2.70. The zero-order valence-electron chi connectivity index (χ0n) is 10.2. The number of nitrogens with one attached hydrogen (secondary N) is 1. The van der Waals surface area contributed by atoms with Crippen molar-refractivity contribution in [2.75, 3.05) is 5.32 Å². The van der Waals surface area contributed by atoms with Gasteiger partial charge in [0, 0.05) is 18.4 Å². The third-order valence-corrected chi connectivity index (χ3v) is 3.01. The molecule has 1 heterocycles. The lowest BCUT2D eigenvalue weighted by Crippen LogP contribution is -2.07. The van der Waals surface area contributed by atoms with Crippen LogP contribution in [0.1, 0.15) is 24.1 Å². The molecule has 1 aromatic carbocycles. The summed E-state index contributed by atoms with van der Waals surface area (Å²) in [6.07, 6.45) is 3.54. The lowest BCUT2D eigenvalue weighted by Gasteiger charge is -2.16. The van der Waals surface area contributed by atoms with Crippen LogP contribution < -0.4 is 5.32 Å². The maximum Gasteiger partial charge on any atom is 0.142 e. The van der Waals surface area contributed by atoms with Gasteiger partial charge in [0.25, 0.3) is 0 Å². The van der Waals surface area contributed by atoms with E-state index in [0.29, 0.717) is 0 Å². The van der Waals surface area contributed by atoms with E-state index in [-0.39, 0.29) is 11.1 Å². The molecule has 0 radical (unpaired) electrons. The second kappa shape index (κ2) is 5.36. The number of pyridine rings is 1. The molecule has 2 aromatic rings. The highest BCUT2D eigenvalue weighted by molar-refractivity contribution is 6.30. The third kappa shape index (κ3) is 2.99. The zero-order valence-corrected chi connectivity index (χ0v) is 11.0. The van der Waals surface area contributed by atoms with Crippen molar-refractivity contribution in [1.82, 2.24) is 4.98 Å². The number of halogens is 2. The Labute approximate surface area is 111 Å². The number of hydrogen-bond acceptors (Lipinski definition) is 2. The Morgan fingerprint density at radius 2 is 2.06 bits per heavy atom. The van der Waals surface area contributed by atoms with Crippen LogP contribution in [-0.4, -0.2) is 4.98 Å².